The van der Waals surface area contributed by atoms with Crippen molar-refractivity contribution in [3.05, 3.63) is 36.5 Å². The zero-order valence-electron chi connectivity index (χ0n) is 46.6. The van der Waals surface area contributed by atoms with Gasteiger partial charge in [0, 0.05) is 6.42 Å². The zero-order chi connectivity index (χ0) is 53.9. The smallest absolute Gasteiger partial charge is 0.220 e. The van der Waals surface area contributed by atoms with Gasteiger partial charge in [-0.05, 0) is 57.8 Å². The van der Waals surface area contributed by atoms with E-state index in [1.54, 1.807) is 6.08 Å². The van der Waals surface area contributed by atoms with Crippen LogP contribution in [-0.4, -0.2) is 140 Å². The lowest BCUT2D eigenvalue weighted by Crippen LogP contribution is -2.65. The van der Waals surface area contributed by atoms with Crippen molar-refractivity contribution >= 4 is 5.91 Å². The molecule has 12 unspecified atom stereocenters. The molecule has 2 rings (SSSR count). The molecule has 14 heteroatoms. The standard InChI is InChI=1S/C60H111NO13/c1-3-5-7-9-11-13-15-17-18-19-20-21-22-23-24-25-26-27-28-29-30-31-32-33-35-37-39-41-43-49(64)48(61-52(65)44-42-40-38-36-34-16-14-12-10-8-6-4-2)47-71-59-57(70)55(68)58(51(46-63)73-59)74-60-56(69)54(67)53(66)50(45-62)72-60/h12,14,33,35,41,43,48-51,53-60,62-64,66-70H,3-11,13,15-32,34,36-40,42,44-47H2,1-2H3,(H,61,65)/b14-12-,35-33+,43-41+. The van der Waals surface area contributed by atoms with Crippen LogP contribution in [0.15, 0.2) is 36.5 Å². The molecule has 0 radical (unpaired) electrons. The van der Waals surface area contributed by atoms with Crippen molar-refractivity contribution in [1.29, 1.82) is 0 Å². The van der Waals surface area contributed by atoms with E-state index in [4.69, 9.17) is 18.9 Å². The molecule has 14 nitrogen and oxygen atoms in total. The number of carbonyl (C=O) groups is 1. The average molecular weight is 1050 g/mol. The summed E-state index contributed by atoms with van der Waals surface area (Å²) in [6, 6.07) is -0.934. The lowest BCUT2D eigenvalue weighted by Gasteiger charge is -2.46. The van der Waals surface area contributed by atoms with Gasteiger partial charge in [0.2, 0.25) is 5.91 Å². The maximum absolute atomic E-state index is 13.2. The van der Waals surface area contributed by atoms with Gasteiger partial charge >= 0.3 is 0 Å². The Bertz CT molecular complexity index is 1380. The van der Waals surface area contributed by atoms with Gasteiger partial charge in [0.25, 0.3) is 0 Å². The van der Waals surface area contributed by atoms with E-state index in [1.807, 2.05) is 6.08 Å². The maximum Gasteiger partial charge on any atom is 0.220 e. The molecule has 2 fully saturated rings. The number of aliphatic hydroxyl groups is 8. The van der Waals surface area contributed by atoms with Crippen LogP contribution in [0.2, 0.25) is 0 Å². The number of nitrogens with one attached hydrogen (secondary N) is 1. The van der Waals surface area contributed by atoms with E-state index in [1.165, 1.54) is 161 Å². The number of amides is 1. The monoisotopic (exact) mass is 1050 g/mol. The van der Waals surface area contributed by atoms with Crippen molar-refractivity contribution in [2.24, 2.45) is 0 Å². The number of allylic oxidation sites excluding steroid dienone is 5. The number of hydrogen-bond acceptors (Lipinski definition) is 13. The highest BCUT2D eigenvalue weighted by atomic mass is 16.7. The fourth-order valence-electron chi connectivity index (χ4n) is 9.89. The number of aliphatic hydroxyl groups excluding tert-OH is 8. The SMILES string of the molecule is CCCCC/C=C\CCCCCCCC(=O)NC(COC1OC(CO)C(OC2OC(CO)C(O)C(O)C2O)C(O)C1O)C(O)/C=C/CC/C=C/CCCCCCCCCCCCCCCCCCCCCCCC. The average Bonchev–Trinajstić information content (AvgIpc) is 3.40. The summed E-state index contributed by atoms with van der Waals surface area (Å²) in [4.78, 5) is 13.2. The molecule has 2 heterocycles. The summed E-state index contributed by atoms with van der Waals surface area (Å²) in [5, 5.41) is 86.9. The van der Waals surface area contributed by atoms with Gasteiger partial charge in [-0.3, -0.25) is 4.79 Å². The minimum Gasteiger partial charge on any atom is -0.394 e. The van der Waals surface area contributed by atoms with Crippen molar-refractivity contribution in [3.63, 3.8) is 0 Å². The molecule has 2 aliphatic rings. The van der Waals surface area contributed by atoms with Crippen molar-refractivity contribution in [2.75, 3.05) is 19.8 Å². The van der Waals surface area contributed by atoms with Crippen molar-refractivity contribution in [3.8, 4) is 0 Å². The summed E-state index contributed by atoms with van der Waals surface area (Å²) in [5.41, 5.74) is 0. The molecule has 0 aromatic carbocycles. The predicted octanol–water partition coefficient (Wildman–Crippen LogP) is 10.2. The Morgan fingerprint density at radius 2 is 0.865 bits per heavy atom. The lowest BCUT2D eigenvalue weighted by molar-refractivity contribution is -0.359. The largest absolute Gasteiger partial charge is 0.394 e. The summed E-state index contributed by atoms with van der Waals surface area (Å²) in [6.45, 7) is 2.76. The second kappa shape index (κ2) is 46.2. The lowest BCUT2D eigenvalue weighted by atomic mass is 9.97. The Morgan fingerprint density at radius 3 is 1.35 bits per heavy atom. The van der Waals surface area contributed by atoms with Gasteiger partial charge in [0.1, 0.15) is 48.8 Å². The van der Waals surface area contributed by atoms with Crippen LogP contribution in [0.25, 0.3) is 0 Å². The van der Waals surface area contributed by atoms with E-state index < -0.39 is 86.8 Å². The van der Waals surface area contributed by atoms with Crippen LogP contribution >= 0.6 is 0 Å². The number of hydrogen-bond donors (Lipinski definition) is 9. The number of carbonyl (C=O) groups excluding carboxylic acids is 1. The van der Waals surface area contributed by atoms with Crippen LogP contribution < -0.4 is 5.32 Å². The third-order valence-electron chi connectivity index (χ3n) is 14.8. The van der Waals surface area contributed by atoms with Gasteiger partial charge in [-0.1, -0.05) is 217 Å². The summed E-state index contributed by atoms with van der Waals surface area (Å²) >= 11 is 0. The van der Waals surface area contributed by atoms with Crippen LogP contribution in [0.4, 0.5) is 0 Å². The Labute approximate surface area is 449 Å². The van der Waals surface area contributed by atoms with E-state index >= 15 is 0 Å². The van der Waals surface area contributed by atoms with Crippen LogP contribution in [-0.2, 0) is 23.7 Å². The molecule has 12 atom stereocenters. The van der Waals surface area contributed by atoms with Crippen LogP contribution in [0.5, 0.6) is 0 Å². The number of rotatable bonds is 48. The third-order valence-corrected chi connectivity index (χ3v) is 14.8. The first-order valence-corrected chi connectivity index (χ1v) is 30.2. The second-order valence-electron chi connectivity index (χ2n) is 21.5. The van der Waals surface area contributed by atoms with E-state index in [9.17, 15) is 45.6 Å². The van der Waals surface area contributed by atoms with E-state index in [-0.39, 0.29) is 18.9 Å². The second-order valence-corrected chi connectivity index (χ2v) is 21.5. The van der Waals surface area contributed by atoms with Crippen LogP contribution in [0.1, 0.15) is 245 Å². The molecule has 1 amide bonds. The van der Waals surface area contributed by atoms with E-state index in [2.05, 4.69) is 43.5 Å². The molecule has 434 valence electrons. The summed E-state index contributed by atoms with van der Waals surface area (Å²) < 4.78 is 22.7. The Balaban J connectivity index is 1.72. The molecule has 0 bridgehead atoms. The molecule has 0 aromatic heterocycles. The topological polar surface area (TPSA) is 228 Å². The summed E-state index contributed by atoms with van der Waals surface area (Å²) in [6.07, 6.45) is 39.3. The van der Waals surface area contributed by atoms with Crippen molar-refractivity contribution in [1.82, 2.24) is 5.32 Å². The Hall–Kier alpha value is -1.79. The molecule has 0 spiro atoms. The third kappa shape index (κ3) is 31.6. The molecule has 74 heavy (non-hydrogen) atoms. The Morgan fingerprint density at radius 1 is 0.473 bits per heavy atom. The van der Waals surface area contributed by atoms with E-state index in [0.29, 0.717) is 12.8 Å². The number of ether oxygens (including phenoxy) is 4. The van der Waals surface area contributed by atoms with Crippen LogP contribution in [0.3, 0.4) is 0 Å². The van der Waals surface area contributed by atoms with Gasteiger partial charge in [-0.15, -0.1) is 0 Å². The zero-order valence-corrected chi connectivity index (χ0v) is 46.6. The van der Waals surface area contributed by atoms with Crippen molar-refractivity contribution in [2.45, 2.75) is 319 Å². The van der Waals surface area contributed by atoms with Crippen LogP contribution in [0, 0.1) is 0 Å². The van der Waals surface area contributed by atoms with Gasteiger partial charge in [-0.25, -0.2) is 0 Å². The van der Waals surface area contributed by atoms with Gasteiger partial charge in [0.05, 0.1) is 32.0 Å². The highest BCUT2D eigenvalue weighted by Crippen LogP contribution is 2.30. The molecular weight excluding hydrogens is 943 g/mol. The van der Waals surface area contributed by atoms with Gasteiger partial charge < -0.3 is 65.1 Å². The molecule has 0 aromatic rings. The van der Waals surface area contributed by atoms with Gasteiger partial charge in [-0.2, -0.15) is 0 Å². The first kappa shape index (κ1) is 68.3. The normalized spacial score (nSPS) is 25.4. The first-order valence-electron chi connectivity index (χ1n) is 30.2. The first-order chi connectivity index (χ1) is 36.1. The van der Waals surface area contributed by atoms with E-state index in [0.717, 1.165) is 51.4 Å². The fraction of sp³-hybridized carbons (Fsp3) is 0.883. The van der Waals surface area contributed by atoms with Crippen molar-refractivity contribution < 1.29 is 64.6 Å². The fourth-order valence-corrected chi connectivity index (χ4v) is 9.89. The highest BCUT2D eigenvalue weighted by molar-refractivity contribution is 5.76. The highest BCUT2D eigenvalue weighted by Gasteiger charge is 2.51. The predicted molar refractivity (Wildman–Crippen MR) is 295 cm³/mol. The summed E-state index contributed by atoms with van der Waals surface area (Å²) in [5.74, 6) is -0.259. The summed E-state index contributed by atoms with van der Waals surface area (Å²) in [7, 11) is 0. The molecule has 2 aliphatic heterocycles. The minimum atomic E-state index is -1.79. The molecule has 0 aliphatic carbocycles. The maximum atomic E-state index is 13.2. The molecular formula is C60H111NO13. The number of unbranched alkanes of at least 4 members (excludes halogenated alkanes) is 31. The Kier molecular flexibility index (Phi) is 42.6. The minimum absolute atomic E-state index is 0.259. The van der Waals surface area contributed by atoms with Gasteiger partial charge in [0.15, 0.2) is 12.6 Å². The molecule has 2 saturated heterocycles. The quantitative estimate of drug-likeness (QED) is 0.0204. The molecule has 0 saturated carbocycles. The molecule has 9 N–H and O–H groups in total.